The van der Waals surface area contributed by atoms with Crippen LogP contribution in [0.25, 0.3) is 0 Å². The highest BCUT2D eigenvalue weighted by Gasteiger charge is 2.29. The summed E-state index contributed by atoms with van der Waals surface area (Å²) in [4.78, 5) is 18.0. The number of hydrogen-bond acceptors (Lipinski definition) is 4. The van der Waals surface area contributed by atoms with Gasteiger partial charge in [-0.15, -0.1) is 23.1 Å². The first-order valence-corrected chi connectivity index (χ1v) is 8.92. The fourth-order valence-corrected chi connectivity index (χ4v) is 4.88. The number of rotatable bonds is 4. The van der Waals surface area contributed by atoms with Gasteiger partial charge in [0.05, 0.1) is 22.4 Å². The molecule has 0 spiro atoms. The normalized spacial score (nSPS) is 17.5. The predicted molar refractivity (Wildman–Crippen MR) is 86.4 cm³/mol. The van der Waals surface area contributed by atoms with Gasteiger partial charge in [0.1, 0.15) is 5.01 Å². The molecular weight excluding hydrogens is 326 g/mol. The Bertz CT molecular complexity index is 671. The lowest BCUT2D eigenvalue weighted by Crippen LogP contribution is -2.17. The van der Waals surface area contributed by atoms with Gasteiger partial charge in [-0.3, -0.25) is 4.79 Å². The molecule has 0 saturated heterocycles. The van der Waals surface area contributed by atoms with Crippen LogP contribution in [0.4, 0.5) is 0 Å². The average molecular weight is 340 g/mol. The summed E-state index contributed by atoms with van der Waals surface area (Å²) in [5, 5.41) is 11.0. The van der Waals surface area contributed by atoms with Crippen molar-refractivity contribution in [3.63, 3.8) is 0 Å². The van der Waals surface area contributed by atoms with Crippen molar-refractivity contribution in [3.05, 3.63) is 44.9 Å². The molecule has 0 radical (unpaired) electrons. The summed E-state index contributed by atoms with van der Waals surface area (Å²) in [6.45, 7) is 0. The molecule has 0 fully saturated rings. The van der Waals surface area contributed by atoms with Gasteiger partial charge in [-0.05, 0) is 31.4 Å². The summed E-state index contributed by atoms with van der Waals surface area (Å²) >= 11 is 9.43. The topological polar surface area (TPSA) is 50.2 Å². The molecule has 1 heterocycles. The van der Waals surface area contributed by atoms with Crippen molar-refractivity contribution in [2.75, 3.05) is 0 Å². The molecule has 110 valence electrons. The molecule has 1 aliphatic rings. The molecule has 1 unspecified atom stereocenters. The van der Waals surface area contributed by atoms with E-state index in [1.165, 1.54) is 0 Å². The molecule has 3 rings (SSSR count). The number of aromatic nitrogens is 1. The number of nitrogens with zero attached hydrogens (tertiary/aromatic N) is 1. The van der Waals surface area contributed by atoms with E-state index in [0.717, 1.165) is 44.1 Å². The molecule has 1 atom stereocenters. The lowest BCUT2D eigenvalue weighted by Gasteiger charge is -2.16. The van der Waals surface area contributed by atoms with Crippen molar-refractivity contribution >= 4 is 40.7 Å². The summed E-state index contributed by atoms with van der Waals surface area (Å²) in [6.07, 6.45) is 2.58. The van der Waals surface area contributed by atoms with E-state index in [1.807, 2.05) is 24.3 Å². The summed E-state index contributed by atoms with van der Waals surface area (Å²) < 4.78 is 0. The Kier molecular flexibility index (Phi) is 4.52. The SMILES string of the molecule is O=C(O)C1CCCc2sc(CSc3ccccc3Cl)nc21. The van der Waals surface area contributed by atoms with Crippen LogP contribution < -0.4 is 0 Å². The number of carboxylic acids is 1. The van der Waals surface area contributed by atoms with Crippen LogP contribution in [0.5, 0.6) is 0 Å². The zero-order valence-corrected chi connectivity index (χ0v) is 13.6. The monoisotopic (exact) mass is 339 g/mol. The first kappa shape index (κ1) is 14.9. The van der Waals surface area contributed by atoms with E-state index >= 15 is 0 Å². The summed E-state index contributed by atoms with van der Waals surface area (Å²) in [5.74, 6) is -0.455. The van der Waals surface area contributed by atoms with Crippen molar-refractivity contribution in [3.8, 4) is 0 Å². The standard InChI is InChI=1S/C15H14ClNO2S2/c16-10-5-1-2-6-11(10)20-8-13-17-14-9(15(18)19)4-3-7-12(14)21-13/h1-2,5-6,9H,3-4,7-8H2,(H,18,19). The Labute approximate surface area is 136 Å². The first-order chi connectivity index (χ1) is 10.1. The number of hydrogen-bond donors (Lipinski definition) is 1. The molecule has 1 aliphatic carbocycles. The molecule has 0 amide bonds. The number of aryl methyl sites for hydroxylation is 1. The highest BCUT2D eigenvalue weighted by Crippen LogP contribution is 2.37. The third kappa shape index (κ3) is 3.25. The van der Waals surface area contributed by atoms with Gasteiger partial charge in [-0.1, -0.05) is 23.7 Å². The molecule has 1 aromatic heterocycles. The second-order valence-corrected chi connectivity index (χ2v) is 7.51. The fraction of sp³-hybridized carbons (Fsp3) is 0.333. The van der Waals surface area contributed by atoms with E-state index in [-0.39, 0.29) is 0 Å². The van der Waals surface area contributed by atoms with Gasteiger partial charge < -0.3 is 5.11 Å². The van der Waals surface area contributed by atoms with Crippen LogP contribution in [0.15, 0.2) is 29.2 Å². The van der Waals surface area contributed by atoms with Gasteiger partial charge in [0, 0.05) is 9.77 Å². The third-order valence-corrected chi connectivity index (χ3v) is 6.32. The molecular formula is C15H14ClNO2S2. The van der Waals surface area contributed by atoms with E-state index in [0.29, 0.717) is 6.42 Å². The largest absolute Gasteiger partial charge is 0.481 e. The number of fused-ring (bicyclic) bond motifs is 1. The summed E-state index contributed by atoms with van der Waals surface area (Å²) in [7, 11) is 0. The smallest absolute Gasteiger partial charge is 0.312 e. The van der Waals surface area contributed by atoms with E-state index in [4.69, 9.17) is 11.6 Å². The minimum Gasteiger partial charge on any atom is -0.481 e. The molecule has 21 heavy (non-hydrogen) atoms. The molecule has 0 aliphatic heterocycles. The molecule has 6 heteroatoms. The van der Waals surface area contributed by atoms with E-state index in [1.54, 1.807) is 23.1 Å². The van der Waals surface area contributed by atoms with Crippen molar-refractivity contribution < 1.29 is 9.90 Å². The van der Waals surface area contributed by atoms with Gasteiger partial charge in [0.15, 0.2) is 0 Å². The predicted octanol–water partition coefficient (Wildman–Crippen LogP) is 4.59. The lowest BCUT2D eigenvalue weighted by molar-refractivity contribution is -0.139. The molecule has 0 saturated carbocycles. The van der Waals surface area contributed by atoms with Crippen molar-refractivity contribution in [1.29, 1.82) is 0 Å². The van der Waals surface area contributed by atoms with Crippen molar-refractivity contribution in [1.82, 2.24) is 4.98 Å². The van der Waals surface area contributed by atoms with Crippen molar-refractivity contribution in [2.45, 2.75) is 35.8 Å². The van der Waals surface area contributed by atoms with Crippen LogP contribution in [0.1, 0.15) is 34.3 Å². The number of thioether (sulfide) groups is 1. The maximum atomic E-state index is 11.3. The number of thiazole rings is 1. The zero-order valence-electron chi connectivity index (χ0n) is 11.2. The van der Waals surface area contributed by atoms with Crippen LogP contribution in [-0.4, -0.2) is 16.1 Å². The zero-order chi connectivity index (χ0) is 14.8. The van der Waals surface area contributed by atoms with Crippen LogP contribution in [0.3, 0.4) is 0 Å². The molecule has 1 N–H and O–H groups in total. The fourth-order valence-electron chi connectivity index (χ4n) is 2.47. The van der Waals surface area contributed by atoms with Crippen LogP contribution >= 0.6 is 34.7 Å². The number of carboxylic acid groups (broad SMARTS) is 1. The number of aliphatic carboxylic acids is 1. The maximum Gasteiger partial charge on any atom is 0.312 e. The Hall–Kier alpha value is -1.04. The third-order valence-electron chi connectivity index (χ3n) is 3.48. The molecule has 2 aromatic rings. The molecule has 3 nitrogen and oxygen atoms in total. The average Bonchev–Trinajstić information content (AvgIpc) is 2.88. The Morgan fingerprint density at radius 3 is 3.05 bits per heavy atom. The van der Waals surface area contributed by atoms with E-state index in [9.17, 15) is 9.90 Å². The maximum absolute atomic E-state index is 11.3. The minimum absolute atomic E-state index is 0.427. The highest BCUT2D eigenvalue weighted by molar-refractivity contribution is 7.98. The Morgan fingerprint density at radius 2 is 2.29 bits per heavy atom. The van der Waals surface area contributed by atoms with Gasteiger partial charge in [-0.25, -0.2) is 4.98 Å². The van der Waals surface area contributed by atoms with Gasteiger partial charge in [-0.2, -0.15) is 0 Å². The quantitative estimate of drug-likeness (QED) is 0.827. The summed E-state index contributed by atoms with van der Waals surface area (Å²) in [5.41, 5.74) is 0.786. The van der Waals surface area contributed by atoms with Crippen molar-refractivity contribution in [2.24, 2.45) is 0 Å². The van der Waals surface area contributed by atoms with Gasteiger partial charge >= 0.3 is 5.97 Å². The summed E-state index contributed by atoms with van der Waals surface area (Å²) in [6, 6.07) is 7.73. The second kappa shape index (κ2) is 6.38. The number of halogens is 1. The Balaban J connectivity index is 1.76. The molecule has 0 bridgehead atoms. The number of benzene rings is 1. The highest BCUT2D eigenvalue weighted by atomic mass is 35.5. The minimum atomic E-state index is -0.758. The van der Waals surface area contributed by atoms with E-state index < -0.39 is 11.9 Å². The second-order valence-electron chi connectivity index (χ2n) is 4.92. The van der Waals surface area contributed by atoms with Crippen LogP contribution in [0, 0.1) is 0 Å². The Morgan fingerprint density at radius 1 is 1.48 bits per heavy atom. The first-order valence-electron chi connectivity index (χ1n) is 6.74. The molecule has 1 aromatic carbocycles. The van der Waals surface area contributed by atoms with Crippen LogP contribution in [-0.2, 0) is 17.0 Å². The van der Waals surface area contributed by atoms with Gasteiger partial charge in [0.2, 0.25) is 0 Å². The lowest BCUT2D eigenvalue weighted by atomic mass is 9.91. The van der Waals surface area contributed by atoms with E-state index in [2.05, 4.69) is 4.98 Å². The number of carbonyl (C=O) groups is 1. The van der Waals surface area contributed by atoms with Gasteiger partial charge in [0.25, 0.3) is 0 Å². The van der Waals surface area contributed by atoms with Crippen LogP contribution in [0.2, 0.25) is 5.02 Å².